The minimum atomic E-state index is -4.48. The van der Waals surface area contributed by atoms with Crippen LogP contribution in [0.2, 0.25) is 0 Å². The Hall–Kier alpha value is -0.830. The molecule has 2 aliphatic rings. The molecule has 0 aromatic rings. The molecule has 1 heterocycles. The number of alkyl halides is 3. The maximum Gasteiger partial charge on any atom is 0.408 e. The Morgan fingerprint density at radius 2 is 1.86 bits per heavy atom. The fourth-order valence-electron chi connectivity index (χ4n) is 2.65. The third-order valence-electron chi connectivity index (χ3n) is 3.86. The second-order valence-corrected chi connectivity index (χ2v) is 7.64. The SMILES string of the molecule is CC(=O)N1C[C@@H](NS(=O)(=O)CC2CC2)CC[C@@H]1C(F)(F)F. The molecule has 0 radical (unpaired) electrons. The molecule has 122 valence electrons. The maximum atomic E-state index is 12.9. The highest BCUT2D eigenvalue weighted by Gasteiger charge is 2.47. The zero-order chi connectivity index (χ0) is 15.8. The van der Waals surface area contributed by atoms with Gasteiger partial charge in [0.05, 0.1) is 5.75 Å². The average Bonchev–Trinajstić information content (AvgIpc) is 3.09. The van der Waals surface area contributed by atoms with Gasteiger partial charge in [0.1, 0.15) is 6.04 Å². The number of likely N-dealkylation sites (tertiary alicyclic amines) is 1. The van der Waals surface area contributed by atoms with Crippen LogP contribution in [0.5, 0.6) is 0 Å². The number of nitrogens with zero attached hydrogens (tertiary/aromatic N) is 1. The van der Waals surface area contributed by atoms with Crippen LogP contribution in [0.25, 0.3) is 0 Å². The molecular weight excluding hydrogens is 309 g/mol. The number of halogens is 3. The van der Waals surface area contributed by atoms with Gasteiger partial charge in [-0.1, -0.05) is 0 Å². The van der Waals surface area contributed by atoms with Crippen LogP contribution in [-0.2, 0) is 14.8 Å². The summed E-state index contributed by atoms with van der Waals surface area (Å²) >= 11 is 0. The van der Waals surface area contributed by atoms with E-state index in [2.05, 4.69) is 4.72 Å². The summed E-state index contributed by atoms with van der Waals surface area (Å²) in [5.74, 6) is -0.506. The van der Waals surface area contributed by atoms with Crippen molar-refractivity contribution in [2.75, 3.05) is 12.3 Å². The predicted octanol–water partition coefficient (Wildman–Crippen LogP) is 1.26. The third kappa shape index (κ3) is 4.57. The van der Waals surface area contributed by atoms with Gasteiger partial charge in [-0.2, -0.15) is 13.2 Å². The van der Waals surface area contributed by atoms with Gasteiger partial charge in [0.15, 0.2) is 0 Å². The van der Waals surface area contributed by atoms with Crippen molar-refractivity contribution in [3.63, 3.8) is 0 Å². The Balaban J connectivity index is 2.00. The molecule has 1 aliphatic carbocycles. The van der Waals surface area contributed by atoms with E-state index in [-0.39, 0.29) is 31.1 Å². The van der Waals surface area contributed by atoms with Crippen LogP contribution in [0.3, 0.4) is 0 Å². The van der Waals surface area contributed by atoms with Gasteiger partial charge in [-0.05, 0) is 31.6 Å². The third-order valence-corrected chi connectivity index (χ3v) is 5.47. The zero-order valence-corrected chi connectivity index (χ0v) is 12.5. The number of rotatable bonds is 4. The molecule has 9 heteroatoms. The molecule has 1 aliphatic heterocycles. The van der Waals surface area contributed by atoms with Crippen molar-refractivity contribution in [2.45, 2.75) is 50.9 Å². The maximum absolute atomic E-state index is 12.9. The van der Waals surface area contributed by atoms with Gasteiger partial charge >= 0.3 is 6.18 Å². The van der Waals surface area contributed by atoms with Gasteiger partial charge in [0, 0.05) is 19.5 Å². The molecule has 2 fully saturated rings. The summed E-state index contributed by atoms with van der Waals surface area (Å²) in [6.07, 6.45) is -2.93. The van der Waals surface area contributed by atoms with Crippen molar-refractivity contribution in [3.8, 4) is 0 Å². The molecule has 21 heavy (non-hydrogen) atoms. The first kappa shape index (κ1) is 16.5. The van der Waals surface area contributed by atoms with Crippen LogP contribution in [0.1, 0.15) is 32.6 Å². The number of nitrogens with one attached hydrogen (secondary N) is 1. The van der Waals surface area contributed by atoms with Crippen LogP contribution in [0, 0.1) is 5.92 Å². The number of sulfonamides is 1. The highest BCUT2D eigenvalue weighted by Crippen LogP contribution is 2.33. The molecule has 1 amide bonds. The van der Waals surface area contributed by atoms with Crippen LogP contribution in [0.15, 0.2) is 0 Å². The molecule has 0 bridgehead atoms. The Morgan fingerprint density at radius 1 is 1.24 bits per heavy atom. The second kappa shape index (κ2) is 5.75. The number of hydrogen-bond acceptors (Lipinski definition) is 3. The van der Waals surface area contributed by atoms with E-state index in [1.54, 1.807) is 0 Å². The quantitative estimate of drug-likeness (QED) is 0.845. The molecule has 0 unspecified atom stereocenters. The van der Waals surface area contributed by atoms with Crippen molar-refractivity contribution in [1.29, 1.82) is 0 Å². The highest BCUT2D eigenvalue weighted by atomic mass is 32.2. The molecule has 2 atom stereocenters. The first-order valence-corrected chi connectivity index (χ1v) is 8.57. The summed E-state index contributed by atoms with van der Waals surface area (Å²) in [6.45, 7) is 0.837. The Kier molecular flexibility index (Phi) is 4.53. The van der Waals surface area contributed by atoms with Crippen molar-refractivity contribution >= 4 is 15.9 Å². The molecule has 0 spiro atoms. The average molecular weight is 328 g/mol. The van der Waals surface area contributed by atoms with E-state index < -0.39 is 34.2 Å². The molecule has 5 nitrogen and oxygen atoms in total. The number of carbonyl (C=O) groups is 1. The van der Waals surface area contributed by atoms with Crippen LogP contribution in [0.4, 0.5) is 13.2 Å². The summed E-state index contributed by atoms with van der Waals surface area (Å²) in [6, 6.07) is -2.46. The topological polar surface area (TPSA) is 66.5 Å². The van der Waals surface area contributed by atoms with Gasteiger partial charge in [0.2, 0.25) is 15.9 Å². The normalized spacial score (nSPS) is 27.7. The van der Waals surface area contributed by atoms with Gasteiger partial charge in [-0.25, -0.2) is 13.1 Å². The van der Waals surface area contributed by atoms with E-state index in [9.17, 15) is 26.4 Å². The smallest absolute Gasteiger partial charge is 0.329 e. The van der Waals surface area contributed by atoms with Gasteiger partial charge in [-0.15, -0.1) is 0 Å². The molecular formula is C12H19F3N2O3S. The molecule has 1 saturated heterocycles. The number of amides is 1. The molecule has 1 saturated carbocycles. The summed E-state index contributed by atoms with van der Waals surface area (Å²) in [5.41, 5.74) is 0. The van der Waals surface area contributed by atoms with E-state index in [0.29, 0.717) is 4.90 Å². The fourth-order valence-corrected chi connectivity index (χ4v) is 4.40. The van der Waals surface area contributed by atoms with E-state index in [1.807, 2.05) is 0 Å². The Bertz CT molecular complexity index is 502. The Morgan fingerprint density at radius 3 is 2.33 bits per heavy atom. The molecule has 0 aromatic carbocycles. The molecule has 1 N–H and O–H groups in total. The first-order chi connectivity index (χ1) is 9.58. The van der Waals surface area contributed by atoms with Gasteiger partial charge in [-0.3, -0.25) is 4.79 Å². The lowest BCUT2D eigenvalue weighted by atomic mass is 9.98. The first-order valence-electron chi connectivity index (χ1n) is 6.92. The largest absolute Gasteiger partial charge is 0.408 e. The van der Waals surface area contributed by atoms with Gasteiger partial charge < -0.3 is 4.90 Å². The summed E-state index contributed by atoms with van der Waals surface area (Å²) in [7, 11) is -3.49. The standard InChI is InChI=1S/C12H19F3N2O3S/c1-8(18)17-6-10(4-5-11(17)12(13,14)15)16-21(19,20)7-9-2-3-9/h9-11,16H,2-7H2,1H3/t10-,11+/m0/s1. The summed E-state index contributed by atoms with van der Waals surface area (Å²) in [4.78, 5) is 12.1. The van der Waals surface area contributed by atoms with Gasteiger partial charge in [0.25, 0.3) is 0 Å². The van der Waals surface area contributed by atoms with E-state index in [1.165, 1.54) is 0 Å². The fraction of sp³-hybridized carbons (Fsp3) is 0.917. The van der Waals surface area contributed by atoms with Crippen LogP contribution in [-0.4, -0.2) is 49.8 Å². The zero-order valence-electron chi connectivity index (χ0n) is 11.7. The van der Waals surface area contributed by atoms with E-state index in [0.717, 1.165) is 19.8 Å². The molecule has 0 aromatic heterocycles. The lowest BCUT2D eigenvalue weighted by molar-refractivity contribution is -0.196. The lowest BCUT2D eigenvalue weighted by Crippen LogP contribution is -2.57. The lowest BCUT2D eigenvalue weighted by Gasteiger charge is -2.40. The number of carbonyl (C=O) groups excluding carboxylic acids is 1. The second-order valence-electron chi connectivity index (χ2n) is 5.85. The minimum absolute atomic E-state index is 0.0201. The highest BCUT2D eigenvalue weighted by molar-refractivity contribution is 7.89. The Labute approximate surface area is 121 Å². The molecule has 2 rings (SSSR count). The number of hydrogen-bond donors (Lipinski definition) is 1. The van der Waals surface area contributed by atoms with Crippen LogP contribution >= 0.6 is 0 Å². The van der Waals surface area contributed by atoms with E-state index in [4.69, 9.17) is 0 Å². The monoisotopic (exact) mass is 328 g/mol. The minimum Gasteiger partial charge on any atom is -0.329 e. The number of piperidine rings is 1. The van der Waals surface area contributed by atoms with Crippen LogP contribution < -0.4 is 4.72 Å². The van der Waals surface area contributed by atoms with E-state index >= 15 is 0 Å². The van der Waals surface area contributed by atoms with Crippen molar-refractivity contribution in [1.82, 2.24) is 9.62 Å². The summed E-state index contributed by atoms with van der Waals surface area (Å²) < 4.78 is 64.8. The van der Waals surface area contributed by atoms with Crippen molar-refractivity contribution in [2.24, 2.45) is 5.92 Å². The summed E-state index contributed by atoms with van der Waals surface area (Å²) in [5, 5.41) is 0. The predicted molar refractivity (Wildman–Crippen MR) is 69.9 cm³/mol. The van der Waals surface area contributed by atoms with Crippen molar-refractivity contribution < 1.29 is 26.4 Å². The van der Waals surface area contributed by atoms with Crippen molar-refractivity contribution in [3.05, 3.63) is 0 Å².